The highest BCUT2D eigenvalue weighted by atomic mass is 32.1. The molecule has 0 aliphatic carbocycles. The van der Waals surface area contributed by atoms with Crippen molar-refractivity contribution in [3.05, 3.63) is 70.1 Å². The van der Waals surface area contributed by atoms with Gasteiger partial charge in [-0.2, -0.15) is 0 Å². The zero-order valence-electron chi connectivity index (χ0n) is 18.5. The summed E-state index contributed by atoms with van der Waals surface area (Å²) in [5, 5.41) is 2.81. The zero-order chi connectivity index (χ0) is 22.8. The molecule has 1 aliphatic rings. The van der Waals surface area contributed by atoms with Gasteiger partial charge < -0.3 is 14.6 Å². The van der Waals surface area contributed by atoms with Gasteiger partial charge in [0.15, 0.2) is 0 Å². The number of hydrogen-bond donors (Lipinski definition) is 1. The summed E-state index contributed by atoms with van der Waals surface area (Å²) in [6.07, 6.45) is 1.81. The van der Waals surface area contributed by atoms with Crippen LogP contribution in [0, 0.1) is 0 Å². The molecule has 1 saturated heterocycles. The number of benzene rings is 2. The normalized spacial score (nSPS) is 14.6. The summed E-state index contributed by atoms with van der Waals surface area (Å²) in [7, 11) is 0. The summed E-state index contributed by atoms with van der Waals surface area (Å²) < 4.78 is 7.56. The molecule has 0 unspecified atom stereocenters. The minimum atomic E-state index is -0.0803. The molecule has 0 radical (unpaired) electrons. The van der Waals surface area contributed by atoms with Crippen molar-refractivity contribution >= 4 is 28.3 Å². The van der Waals surface area contributed by atoms with E-state index in [0.29, 0.717) is 19.7 Å². The number of piperidine rings is 1. The molecule has 33 heavy (non-hydrogen) atoms. The number of thiazole rings is 1. The standard InChI is InChI=1S/C25H26N4O3S/c1-2-32-22-10-6-3-7-19(22)24-26-17(16-33-24)15-23(30)28-13-11-18(12-14-28)29-21-9-5-4-8-20(21)27-25(29)31/h3-10,16,18H,2,11-15H2,1H3,(H,27,31). The molecular weight excluding hydrogens is 436 g/mol. The van der Waals surface area contributed by atoms with E-state index in [1.165, 1.54) is 11.3 Å². The third kappa shape index (κ3) is 4.30. The number of nitrogens with zero attached hydrogens (tertiary/aromatic N) is 3. The number of ether oxygens (including phenoxy) is 1. The number of aromatic amines is 1. The summed E-state index contributed by atoms with van der Waals surface area (Å²) in [6.45, 7) is 3.83. The molecule has 1 N–H and O–H groups in total. The second-order valence-corrected chi connectivity index (χ2v) is 9.04. The molecule has 0 saturated carbocycles. The third-order valence-corrected chi connectivity index (χ3v) is 7.03. The Kier molecular flexibility index (Phi) is 6.00. The number of H-pyrrole nitrogens is 1. The second-order valence-electron chi connectivity index (χ2n) is 8.18. The number of aromatic nitrogens is 3. The van der Waals surface area contributed by atoms with E-state index in [1.54, 1.807) is 0 Å². The number of carbonyl (C=O) groups excluding carboxylic acids is 1. The fourth-order valence-corrected chi connectivity index (χ4v) is 5.36. The molecular formula is C25H26N4O3S. The summed E-state index contributed by atoms with van der Waals surface area (Å²) in [5.74, 6) is 0.886. The SMILES string of the molecule is CCOc1ccccc1-c1nc(CC(=O)N2CCC(n3c(=O)[nH]c4ccccc43)CC2)cs1. The lowest BCUT2D eigenvalue weighted by Gasteiger charge is -2.32. The van der Waals surface area contributed by atoms with Gasteiger partial charge in [0.05, 0.1) is 35.3 Å². The van der Waals surface area contributed by atoms with Gasteiger partial charge in [0, 0.05) is 24.5 Å². The van der Waals surface area contributed by atoms with Crippen LogP contribution in [0.2, 0.25) is 0 Å². The van der Waals surface area contributed by atoms with Crippen molar-refractivity contribution in [2.45, 2.75) is 32.2 Å². The number of likely N-dealkylation sites (tertiary alicyclic amines) is 1. The van der Waals surface area contributed by atoms with Gasteiger partial charge in [0.1, 0.15) is 10.8 Å². The molecule has 1 amide bonds. The molecule has 1 aliphatic heterocycles. The Balaban J connectivity index is 1.24. The Bertz CT molecular complexity index is 1330. The van der Waals surface area contributed by atoms with Crippen LogP contribution in [-0.2, 0) is 11.2 Å². The smallest absolute Gasteiger partial charge is 0.326 e. The lowest BCUT2D eigenvalue weighted by atomic mass is 10.0. The summed E-state index contributed by atoms with van der Waals surface area (Å²) in [4.78, 5) is 35.0. The number of imidazole rings is 1. The highest BCUT2D eigenvalue weighted by Crippen LogP contribution is 2.32. The Morgan fingerprint density at radius 3 is 2.73 bits per heavy atom. The first kappa shape index (κ1) is 21.5. The van der Waals surface area contributed by atoms with Crippen LogP contribution in [0.25, 0.3) is 21.6 Å². The summed E-state index contributed by atoms with van der Waals surface area (Å²) in [6, 6.07) is 15.7. The monoisotopic (exact) mass is 462 g/mol. The van der Waals surface area contributed by atoms with E-state index in [2.05, 4.69) is 4.98 Å². The van der Waals surface area contributed by atoms with Gasteiger partial charge >= 0.3 is 5.69 Å². The van der Waals surface area contributed by atoms with Crippen LogP contribution in [0.5, 0.6) is 5.75 Å². The Hall–Kier alpha value is -3.39. The van der Waals surface area contributed by atoms with Gasteiger partial charge in [-0.15, -0.1) is 11.3 Å². The van der Waals surface area contributed by atoms with Crippen molar-refractivity contribution in [2.24, 2.45) is 0 Å². The average Bonchev–Trinajstić information content (AvgIpc) is 3.43. The van der Waals surface area contributed by atoms with Crippen LogP contribution in [0.15, 0.2) is 58.7 Å². The minimum absolute atomic E-state index is 0.0784. The maximum absolute atomic E-state index is 12.9. The first-order chi connectivity index (χ1) is 16.1. The highest BCUT2D eigenvalue weighted by Gasteiger charge is 2.26. The molecule has 1 fully saturated rings. The molecule has 7 nitrogen and oxygen atoms in total. The van der Waals surface area contributed by atoms with Gasteiger partial charge in [-0.3, -0.25) is 9.36 Å². The number of hydrogen-bond acceptors (Lipinski definition) is 5. The second kappa shape index (κ2) is 9.23. The molecule has 0 atom stereocenters. The number of carbonyl (C=O) groups is 1. The zero-order valence-corrected chi connectivity index (χ0v) is 19.3. The van der Waals surface area contributed by atoms with Crippen LogP contribution >= 0.6 is 11.3 Å². The fourth-order valence-electron chi connectivity index (χ4n) is 4.51. The molecule has 2 aromatic heterocycles. The topological polar surface area (TPSA) is 80.2 Å². The van der Waals surface area contributed by atoms with E-state index in [9.17, 15) is 9.59 Å². The van der Waals surface area contributed by atoms with Crippen molar-refractivity contribution in [2.75, 3.05) is 19.7 Å². The summed E-state index contributed by atoms with van der Waals surface area (Å²) in [5.41, 5.74) is 3.43. The van der Waals surface area contributed by atoms with Gasteiger partial charge in [-0.05, 0) is 44.0 Å². The van der Waals surface area contributed by atoms with Crippen molar-refractivity contribution in [3.63, 3.8) is 0 Å². The molecule has 4 aromatic rings. The Morgan fingerprint density at radius 1 is 1.15 bits per heavy atom. The molecule has 8 heteroatoms. The van der Waals surface area contributed by atoms with Crippen molar-refractivity contribution in [1.29, 1.82) is 0 Å². The van der Waals surface area contributed by atoms with Crippen molar-refractivity contribution in [1.82, 2.24) is 19.4 Å². The highest BCUT2D eigenvalue weighted by molar-refractivity contribution is 7.13. The maximum atomic E-state index is 12.9. The first-order valence-electron chi connectivity index (χ1n) is 11.3. The van der Waals surface area contributed by atoms with E-state index < -0.39 is 0 Å². The van der Waals surface area contributed by atoms with Crippen LogP contribution < -0.4 is 10.4 Å². The third-order valence-electron chi connectivity index (χ3n) is 6.11. The molecule has 0 spiro atoms. The van der Waals surface area contributed by atoms with E-state index in [0.717, 1.165) is 45.9 Å². The lowest BCUT2D eigenvalue weighted by Crippen LogP contribution is -2.41. The number of rotatable bonds is 6. The van der Waals surface area contributed by atoms with Crippen molar-refractivity contribution in [3.8, 4) is 16.3 Å². The molecule has 0 bridgehead atoms. The molecule has 3 heterocycles. The van der Waals surface area contributed by atoms with E-state index in [4.69, 9.17) is 9.72 Å². The van der Waals surface area contributed by atoms with Crippen LogP contribution in [0.1, 0.15) is 31.5 Å². The fraction of sp³-hybridized carbons (Fsp3) is 0.320. The van der Waals surface area contributed by atoms with Crippen molar-refractivity contribution < 1.29 is 9.53 Å². The van der Waals surface area contributed by atoms with E-state index >= 15 is 0 Å². The van der Waals surface area contributed by atoms with Gasteiger partial charge in [-0.25, -0.2) is 9.78 Å². The van der Waals surface area contributed by atoms with Gasteiger partial charge in [0.2, 0.25) is 5.91 Å². The van der Waals surface area contributed by atoms with E-state index in [-0.39, 0.29) is 24.1 Å². The van der Waals surface area contributed by atoms with Crippen LogP contribution in [0.4, 0.5) is 0 Å². The number of amides is 1. The minimum Gasteiger partial charge on any atom is -0.493 e. The largest absolute Gasteiger partial charge is 0.493 e. The van der Waals surface area contributed by atoms with Crippen LogP contribution in [0.3, 0.4) is 0 Å². The predicted molar refractivity (Wildman–Crippen MR) is 130 cm³/mol. The number of fused-ring (bicyclic) bond motifs is 1. The Morgan fingerprint density at radius 2 is 1.91 bits per heavy atom. The quantitative estimate of drug-likeness (QED) is 0.464. The van der Waals surface area contributed by atoms with Gasteiger partial charge in [-0.1, -0.05) is 24.3 Å². The summed E-state index contributed by atoms with van der Waals surface area (Å²) >= 11 is 1.53. The molecule has 170 valence electrons. The average molecular weight is 463 g/mol. The van der Waals surface area contributed by atoms with E-state index in [1.807, 2.05) is 70.3 Å². The van der Waals surface area contributed by atoms with Crippen LogP contribution in [-0.4, -0.2) is 45.0 Å². The lowest BCUT2D eigenvalue weighted by molar-refractivity contribution is -0.131. The number of para-hydroxylation sites is 3. The Labute approximate surface area is 195 Å². The van der Waals surface area contributed by atoms with Gasteiger partial charge in [0.25, 0.3) is 0 Å². The maximum Gasteiger partial charge on any atom is 0.326 e. The molecule has 5 rings (SSSR count). The first-order valence-corrected chi connectivity index (χ1v) is 12.2. The molecule has 2 aromatic carbocycles. The predicted octanol–water partition coefficient (Wildman–Crippen LogP) is 4.26. The number of nitrogens with one attached hydrogen (secondary N) is 1.